The van der Waals surface area contributed by atoms with Crippen LogP contribution in [-0.4, -0.2) is 64.7 Å². The molecule has 0 aliphatic carbocycles. The number of nitrogens with zero attached hydrogens (tertiary/aromatic N) is 1. The minimum absolute atomic E-state index is 0.0965. The molecule has 0 heterocycles. The Morgan fingerprint density at radius 1 is 1.11 bits per heavy atom. The second-order valence-corrected chi connectivity index (χ2v) is 9.88. The number of nitrogens with one attached hydrogen (secondary N) is 2. The van der Waals surface area contributed by atoms with Crippen LogP contribution >= 0.6 is 0 Å². The molecular weight excluding hydrogens is 452 g/mol. The minimum atomic E-state index is -1.20. The summed E-state index contributed by atoms with van der Waals surface area (Å²) >= 11 is 0. The molecule has 0 saturated carbocycles. The van der Waals surface area contributed by atoms with Crippen LogP contribution in [0.3, 0.4) is 0 Å². The lowest BCUT2D eigenvalue weighted by Crippen LogP contribution is -2.54. The Labute approximate surface area is 207 Å². The zero-order valence-electron chi connectivity index (χ0n) is 21.8. The summed E-state index contributed by atoms with van der Waals surface area (Å²) in [6, 6.07) is 3.02. The summed E-state index contributed by atoms with van der Waals surface area (Å²) in [7, 11) is 0. The Hall–Kier alpha value is -3.14. The van der Waals surface area contributed by atoms with Gasteiger partial charge in [0.1, 0.15) is 17.7 Å². The third-order valence-electron chi connectivity index (χ3n) is 5.00. The van der Waals surface area contributed by atoms with Gasteiger partial charge in [-0.3, -0.25) is 14.4 Å². The second-order valence-electron chi connectivity index (χ2n) is 9.88. The molecule has 1 aromatic rings. The van der Waals surface area contributed by atoms with E-state index in [-0.39, 0.29) is 25.4 Å². The summed E-state index contributed by atoms with van der Waals surface area (Å²) in [6.07, 6.45) is -1.12. The first kappa shape index (κ1) is 29.9. The molecular formula is C25H40N4O6. The molecule has 10 nitrogen and oxygen atoms in total. The fourth-order valence-corrected chi connectivity index (χ4v) is 3.61. The Morgan fingerprint density at radius 3 is 2.23 bits per heavy atom. The molecule has 0 saturated heterocycles. The molecule has 2 unspecified atom stereocenters. The van der Waals surface area contributed by atoms with Crippen LogP contribution in [-0.2, 0) is 19.1 Å². The highest BCUT2D eigenvalue weighted by atomic mass is 16.6. The van der Waals surface area contributed by atoms with Gasteiger partial charge in [-0.2, -0.15) is 0 Å². The summed E-state index contributed by atoms with van der Waals surface area (Å²) in [4.78, 5) is 52.2. The van der Waals surface area contributed by atoms with Crippen LogP contribution in [0.15, 0.2) is 18.2 Å². The Balaban J connectivity index is 3.49. The normalized spacial score (nSPS) is 13.1. The molecule has 0 spiro atoms. The average Bonchev–Trinajstić information content (AvgIpc) is 2.69. The van der Waals surface area contributed by atoms with E-state index in [1.807, 2.05) is 26.0 Å². The summed E-state index contributed by atoms with van der Waals surface area (Å²) in [5, 5.41) is 15.1. The number of benzene rings is 1. The summed E-state index contributed by atoms with van der Waals surface area (Å²) in [6.45, 7) is 11.8. The van der Waals surface area contributed by atoms with Gasteiger partial charge in [-0.05, 0) is 66.0 Å². The third kappa shape index (κ3) is 9.94. The van der Waals surface area contributed by atoms with E-state index in [1.54, 1.807) is 40.7 Å². The summed E-state index contributed by atoms with van der Waals surface area (Å²) in [5.74, 6) is -1.72. The lowest BCUT2D eigenvalue weighted by Gasteiger charge is -2.35. The van der Waals surface area contributed by atoms with Gasteiger partial charge in [0.15, 0.2) is 0 Å². The van der Waals surface area contributed by atoms with Crippen molar-refractivity contribution in [3.63, 3.8) is 0 Å². The highest BCUT2D eigenvalue weighted by Gasteiger charge is 2.37. The van der Waals surface area contributed by atoms with Crippen molar-refractivity contribution in [3.8, 4) is 0 Å². The molecule has 10 heteroatoms. The van der Waals surface area contributed by atoms with Gasteiger partial charge in [-0.25, -0.2) is 4.79 Å². The van der Waals surface area contributed by atoms with Crippen molar-refractivity contribution in [3.05, 3.63) is 34.9 Å². The molecule has 4 amide bonds. The number of ether oxygens (including phenoxy) is 1. The molecule has 196 valence electrons. The smallest absolute Gasteiger partial charge is 0.408 e. The molecule has 0 aliphatic rings. The van der Waals surface area contributed by atoms with Crippen molar-refractivity contribution in [1.82, 2.24) is 15.5 Å². The van der Waals surface area contributed by atoms with E-state index in [0.29, 0.717) is 5.56 Å². The van der Waals surface area contributed by atoms with Gasteiger partial charge in [0, 0.05) is 19.0 Å². The molecule has 1 rings (SSSR count). The first-order chi connectivity index (χ1) is 16.2. The maximum absolute atomic E-state index is 13.7. The van der Waals surface area contributed by atoms with Crippen LogP contribution in [0.25, 0.3) is 0 Å². The Morgan fingerprint density at radius 2 is 1.74 bits per heavy atom. The van der Waals surface area contributed by atoms with Crippen molar-refractivity contribution in [2.45, 2.75) is 85.0 Å². The Bertz CT molecular complexity index is 910. The quantitative estimate of drug-likeness (QED) is 0.370. The molecule has 35 heavy (non-hydrogen) atoms. The summed E-state index contributed by atoms with van der Waals surface area (Å²) in [5.41, 5.74) is 6.83. The highest BCUT2D eigenvalue weighted by Crippen LogP contribution is 2.27. The second kappa shape index (κ2) is 13.1. The van der Waals surface area contributed by atoms with Gasteiger partial charge in [0.05, 0.1) is 6.61 Å². The van der Waals surface area contributed by atoms with E-state index in [1.165, 1.54) is 4.90 Å². The monoisotopic (exact) mass is 492 g/mol. The van der Waals surface area contributed by atoms with Crippen molar-refractivity contribution in [2.24, 2.45) is 5.73 Å². The topological polar surface area (TPSA) is 151 Å². The van der Waals surface area contributed by atoms with Gasteiger partial charge in [-0.1, -0.05) is 23.8 Å². The van der Waals surface area contributed by atoms with Crippen molar-refractivity contribution < 1.29 is 29.0 Å². The number of aliphatic hydroxyl groups excluding tert-OH is 1. The molecule has 2 atom stereocenters. The van der Waals surface area contributed by atoms with Crippen LogP contribution < -0.4 is 16.4 Å². The van der Waals surface area contributed by atoms with Gasteiger partial charge in [0.2, 0.25) is 17.7 Å². The highest BCUT2D eigenvalue weighted by molar-refractivity contribution is 5.92. The van der Waals surface area contributed by atoms with Gasteiger partial charge in [0.25, 0.3) is 0 Å². The number of primary amides is 1. The van der Waals surface area contributed by atoms with E-state index in [2.05, 4.69) is 10.6 Å². The maximum atomic E-state index is 13.7. The zero-order chi connectivity index (χ0) is 26.9. The lowest BCUT2D eigenvalue weighted by molar-refractivity contribution is -0.143. The number of rotatable bonds is 11. The Kier molecular flexibility index (Phi) is 11.2. The number of aliphatic hydroxyl groups is 1. The molecule has 0 bridgehead atoms. The van der Waals surface area contributed by atoms with Crippen LogP contribution in [0.4, 0.5) is 4.79 Å². The first-order valence-corrected chi connectivity index (χ1v) is 11.7. The van der Waals surface area contributed by atoms with Gasteiger partial charge in [-0.15, -0.1) is 0 Å². The van der Waals surface area contributed by atoms with Crippen LogP contribution in [0.1, 0.15) is 70.2 Å². The standard InChI is InChI=1S/C25H40N4O6/c1-15(2)27-22(32)21(18-9-8-16(3)14-17(18)4)29(12-13-30)23(33)19(10-11-20(26)31)28-24(34)35-25(5,6)7/h8-9,14-15,19,21,30H,10-13H2,1-7H3,(H2,26,31)(H,27,32)(H,28,34). The van der Waals surface area contributed by atoms with E-state index < -0.39 is 48.1 Å². The predicted molar refractivity (Wildman–Crippen MR) is 132 cm³/mol. The average molecular weight is 493 g/mol. The number of amides is 4. The van der Waals surface area contributed by atoms with Crippen molar-refractivity contribution >= 4 is 23.8 Å². The fourth-order valence-electron chi connectivity index (χ4n) is 3.61. The fraction of sp³-hybridized carbons (Fsp3) is 0.600. The molecule has 0 fully saturated rings. The van der Waals surface area contributed by atoms with E-state index in [0.717, 1.165) is 11.1 Å². The van der Waals surface area contributed by atoms with Crippen LogP contribution in [0.5, 0.6) is 0 Å². The van der Waals surface area contributed by atoms with E-state index >= 15 is 0 Å². The van der Waals surface area contributed by atoms with Crippen LogP contribution in [0.2, 0.25) is 0 Å². The number of carbonyl (C=O) groups is 4. The predicted octanol–water partition coefficient (Wildman–Crippen LogP) is 1.85. The van der Waals surface area contributed by atoms with Crippen LogP contribution in [0, 0.1) is 13.8 Å². The number of hydrogen-bond acceptors (Lipinski definition) is 6. The zero-order valence-corrected chi connectivity index (χ0v) is 21.8. The largest absolute Gasteiger partial charge is 0.444 e. The van der Waals surface area contributed by atoms with E-state index in [4.69, 9.17) is 10.5 Å². The van der Waals surface area contributed by atoms with Gasteiger partial charge >= 0.3 is 6.09 Å². The number of hydrogen-bond donors (Lipinski definition) is 4. The maximum Gasteiger partial charge on any atom is 0.408 e. The lowest BCUT2D eigenvalue weighted by atomic mass is 9.96. The van der Waals surface area contributed by atoms with Gasteiger partial charge < -0.3 is 31.1 Å². The minimum Gasteiger partial charge on any atom is -0.444 e. The molecule has 1 aromatic carbocycles. The number of aryl methyl sites for hydroxylation is 2. The molecule has 5 N–H and O–H groups in total. The molecule has 0 radical (unpaired) electrons. The summed E-state index contributed by atoms with van der Waals surface area (Å²) < 4.78 is 5.28. The third-order valence-corrected chi connectivity index (χ3v) is 5.00. The number of alkyl carbamates (subject to hydrolysis) is 1. The number of nitrogens with two attached hydrogens (primary N) is 1. The molecule has 0 aliphatic heterocycles. The SMILES string of the molecule is Cc1ccc(C(C(=O)NC(C)C)N(CCO)C(=O)C(CCC(N)=O)NC(=O)OC(C)(C)C)c(C)c1. The first-order valence-electron chi connectivity index (χ1n) is 11.7. The number of carbonyl (C=O) groups excluding carboxylic acids is 4. The van der Waals surface area contributed by atoms with E-state index in [9.17, 15) is 24.3 Å². The molecule has 0 aromatic heterocycles. The van der Waals surface area contributed by atoms with Crippen molar-refractivity contribution in [2.75, 3.05) is 13.2 Å². The van der Waals surface area contributed by atoms with Crippen molar-refractivity contribution in [1.29, 1.82) is 0 Å².